The predicted molar refractivity (Wildman–Crippen MR) is 83.5 cm³/mol. The van der Waals surface area contributed by atoms with Crippen molar-refractivity contribution in [3.05, 3.63) is 54.6 Å². The van der Waals surface area contributed by atoms with Crippen molar-refractivity contribution in [1.29, 1.82) is 0 Å². The number of hydrogen-bond acceptors (Lipinski definition) is 2. The molecular weight excluding hydrogens is 276 g/mol. The van der Waals surface area contributed by atoms with Crippen LogP contribution in [0.3, 0.4) is 0 Å². The van der Waals surface area contributed by atoms with Gasteiger partial charge in [-0.05, 0) is 29.3 Å². The Bertz CT molecular complexity index is 827. The fourth-order valence-corrected chi connectivity index (χ4v) is 4.02. The SMILES string of the molecule is O=C1[C@H]2C3C=CC(C3)N2C(=O)N1c1ccc2ccccc2c1. The lowest BCUT2D eigenvalue weighted by molar-refractivity contribution is -0.119. The molecule has 5 rings (SSSR count). The molecule has 0 spiro atoms. The molecule has 4 heteroatoms. The van der Waals surface area contributed by atoms with Crippen LogP contribution >= 0.6 is 0 Å². The van der Waals surface area contributed by atoms with Gasteiger partial charge in [0.1, 0.15) is 6.04 Å². The van der Waals surface area contributed by atoms with E-state index >= 15 is 0 Å². The topological polar surface area (TPSA) is 40.6 Å². The number of carbonyl (C=O) groups is 2. The monoisotopic (exact) mass is 290 g/mol. The van der Waals surface area contributed by atoms with Crippen molar-refractivity contribution in [3.8, 4) is 0 Å². The van der Waals surface area contributed by atoms with Gasteiger partial charge in [-0.3, -0.25) is 4.79 Å². The average Bonchev–Trinajstić information content (AvgIpc) is 3.21. The van der Waals surface area contributed by atoms with E-state index in [0.717, 1.165) is 17.2 Å². The van der Waals surface area contributed by atoms with Gasteiger partial charge in [-0.25, -0.2) is 9.69 Å². The molecule has 3 aliphatic rings. The average molecular weight is 290 g/mol. The van der Waals surface area contributed by atoms with Gasteiger partial charge < -0.3 is 4.90 Å². The highest BCUT2D eigenvalue weighted by atomic mass is 16.2. The molecule has 3 amide bonds. The summed E-state index contributed by atoms with van der Waals surface area (Å²) in [7, 11) is 0. The maximum atomic E-state index is 12.8. The van der Waals surface area contributed by atoms with Crippen LogP contribution < -0.4 is 4.90 Å². The Morgan fingerprint density at radius 3 is 2.59 bits per heavy atom. The molecule has 2 aliphatic heterocycles. The zero-order valence-corrected chi connectivity index (χ0v) is 11.8. The zero-order chi connectivity index (χ0) is 14.8. The molecule has 2 unspecified atom stereocenters. The molecule has 2 aromatic rings. The van der Waals surface area contributed by atoms with E-state index in [1.807, 2.05) is 42.5 Å². The molecule has 2 aromatic carbocycles. The van der Waals surface area contributed by atoms with Crippen LogP contribution in [-0.4, -0.2) is 28.9 Å². The Balaban J connectivity index is 1.60. The quantitative estimate of drug-likeness (QED) is 0.598. The second-order valence-electron chi connectivity index (χ2n) is 6.19. The summed E-state index contributed by atoms with van der Waals surface area (Å²) >= 11 is 0. The lowest BCUT2D eigenvalue weighted by atomic mass is 10.0. The maximum Gasteiger partial charge on any atom is 0.332 e. The Hall–Kier alpha value is -2.62. The molecular formula is C18H14N2O2. The Labute approximate surface area is 127 Å². The second kappa shape index (κ2) is 3.97. The molecule has 0 N–H and O–H groups in total. The number of urea groups is 1. The van der Waals surface area contributed by atoms with Crippen LogP contribution in [-0.2, 0) is 4.79 Å². The van der Waals surface area contributed by atoms with Crippen molar-refractivity contribution >= 4 is 28.4 Å². The Morgan fingerprint density at radius 1 is 0.955 bits per heavy atom. The number of imide groups is 1. The van der Waals surface area contributed by atoms with Gasteiger partial charge in [0, 0.05) is 5.92 Å². The summed E-state index contributed by atoms with van der Waals surface area (Å²) < 4.78 is 0. The number of benzene rings is 2. The molecule has 0 saturated carbocycles. The van der Waals surface area contributed by atoms with Gasteiger partial charge in [-0.15, -0.1) is 0 Å². The predicted octanol–water partition coefficient (Wildman–Crippen LogP) is 2.94. The summed E-state index contributed by atoms with van der Waals surface area (Å²) in [6.07, 6.45) is 5.03. The Kier molecular flexibility index (Phi) is 2.16. The van der Waals surface area contributed by atoms with Gasteiger partial charge in [0.2, 0.25) is 0 Å². The number of amides is 3. The standard InChI is InChI=1S/C18H14N2O2/c21-17-16-13-6-8-14(10-13)19(16)18(22)20(17)15-7-5-11-3-1-2-4-12(11)9-15/h1-9,13-14,16H,10H2/t13?,14?,16-/m1/s1. The lowest BCUT2D eigenvalue weighted by Gasteiger charge is -2.22. The van der Waals surface area contributed by atoms with E-state index in [9.17, 15) is 9.59 Å². The van der Waals surface area contributed by atoms with Gasteiger partial charge in [-0.2, -0.15) is 0 Å². The minimum atomic E-state index is -0.297. The van der Waals surface area contributed by atoms with Crippen LogP contribution in [0.1, 0.15) is 6.42 Å². The van der Waals surface area contributed by atoms with Crippen molar-refractivity contribution in [2.45, 2.75) is 18.5 Å². The summed E-state index contributed by atoms with van der Waals surface area (Å²) in [6.45, 7) is 0. The highest BCUT2D eigenvalue weighted by Crippen LogP contribution is 2.43. The third kappa shape index (κ3) is 1.37. The summed E-state index contributed by atoms with van der Waals surface area (Å²) in [5.41, 5.74) is 0.669. The number of carbonyl (C=O) groups excluding carboxylic acids is 2. The normalized spacial score (nSPS) is 29.0. The van der Waals surface area contributed by atoms with Crippen LogP contribution in [0, 0.1) is 5.92 Å². The Morgan fingerprint density at radius 2 is 1.77 bits per heavy atom. The van der Waals surface area contributed by atoms with Crippen LogP contribution in [0.5, 0.6) is 0 Å². The molecule has 2 bridgehead atoms. The van der Waals surface area contributed by atoms with Gasteiger partial charge in [0.05, 0.1) is 11.7 Å². The van der Waals surface area contributed by atoms with Crippen molar-refractivity contribution in [2.24, 2.45) is 5.92 Å². The first kappa shape index (κ1) is 12.0. The van der Waals surface area contributed by atoms with Crippen LogP contribution in [0.4, 0.5) is 10.5 Å². The van der Waals surface area contributed by atoms with Crippen LogP contribution in [0.15, 0.2) is 54.6 Å². The number of anilines is 1. The van der Waals surface area contributed by atoms with Crippen molar-refractivity contribution in [3.63, 3.8) is 0 Å². The largest absolute Gasteiger partial charge is 0.332 e. The highest BCUT2D eigenvalue weighted by Gasteiger charge is 2.57. The summed E-state index contributed by atoms with van der Waals surface area (Å²) in [5, 5.41) is 2.14. The van der Waals surface area contributed by atoms with E-state index in [0.29, 0.717) is 5.69 Å². The highest BCUT2D eigenvalue weighted by molar-refractivity contribution is 6.22. The molecule has 2 saturated heterocycles. The number of nitrogens with zero attached hydrogens (tertiary/aromatic N) is 2. The number of rotatable bonds is 1. The summed E-state index contributed by atoms with van der Waals surface area (Å²) in [5.74, 6) is 0.101. The first-order valence-corrected chi connectivity index (χ1v) is 7.57. The van der Waals surface area contributed by atoms with Gasteiger partial charge in [0.25, 0.3) is 5.91 Å². The fourth-order valence-electron chi connectivity index (χ4n) is 4.02. The van der Waals surface area contributed by atoms with E-state index in [1.54, 1.807) is 4.90 Å². The molecule has 3 atom stereocenters. The minimum Gasteiger partial charge on any atom is -0.305 e. The van der Waals surface area contributed by atoms with Crippen molar-refractivity contribution in [2.75, 3.05) is 4.90 Å². The van der Waals surface area contributed by atoms with E-state index in [4.69, 9.17) is 0 Å². The fraction of sp³-hybridized carbons (Fsp3) is 0.222. The number of hydrogen-bond donors (Lipinski definition) is 0. The van der Waals surface area contributed by atoms with Crippen LogP contribution in [0.2, 0.25) is 0 Å². The van der Waals surface area contributed by atoms with Crippen molar-refractivity contribution in [1.82, 2.24) is 4.90 Å². The van der Waals surface area contributed by atoms with Crippen molar-refractivity contribution < 1.29 is 9.59 Å². The summed E-state index contributed by atoms with van der Waals surface area (Å²) in [4.78, 5) is 28.6. The first-order chi connectivity index (χ1) is 10.7. The smallest absolute Gasteiger partial charge is 0.305 e. The minimum absolute atomic E-state index is 0.0860. The molecule has 0 aromatic heterocycles. The number of fused-ring (bicyclic) bond motifs is 6. The molecule has 4 nitrogen and oxygen atoms in total. The van der Waals surface area contributed by atoms with Gasteiger partial charge >= 0.3 is 6.03 Å². The van der Waals surface area contributed by atoms with E-state index in [-0.39, 0.29) is 29.9 Å². The molecule has 0 radical (unpaired) electrons. The van der Waals surface area contributed by atoms with E-state index in [1.165, 1.54) is 4.90 Å². The molecule has 2 heterocycles. The third-order valence-corrected chi connectivity index (χ3v) is 5.03. The van der Waals surface area contributed by atoms with E-state index < -0.39 is 0 Å². The molecule has 108 valence electrons. The second-order valence-corrected chi connectivity index (χ2v) is 6.19. The summed E-state index contributed by atoms with van der Waals surface area (Å²) in [6, 6.07) is 13.3. The first-order valence-electron chi connectivity index (χ1n) is 7.57. The van der Waals surface area contributed by atoms with E-state index in [2.05, 4.69) is 12.2 Å². The van der Waals surface area contributed by atoms with Gasteiger partial charge in [0.15, 0.2) is 0 Å². The third-order valence-electron chi connectivity index (χ3n) is 5.03. The van der Waals surface area contributed by atoms with Gasteiger partial charge in [-0.1, -0.05) is 42.5 Å². The lowest BCUT2D eigenvalue weighted by Crippen LogP contribution is -2.38. The molecule has 2 fully saturated rings. The van der Waals surface area contributed by atoms with Crippen LogP contribution in [0.25, 0.3) is 10.8 Å². The molecule has 1 aliphatic carbocycles. The zero-order valence-electron chi connectivity index (χ0n) is 11.8. The maximum absolute atomic E-state index is 12.8. The molecule has 22 heavy (non-hydrogen) atoms.